The van der Waals surface area contributed by atoms with Crippen LogP contribution in [-0.2, 0) is 6.61 Å². The molecular weight excluding hydrogens is 214 g/mol. The van der Waals surface area contributed by atoms with Crippen LogP contribution in [0, 0.1) is 0 Å². The maximum Gasteiger partial charge on any atom is 0.0703 e. The summed E-state index contributed by atoms with van der Waals surface area (Å²) in [4.78, 5) is 8.95. The quantitative estimate of drug-likeness (QED) is 0.852. The van der Waals surface area contributed by atoms with E-state index in [0.717, 1.165) is 37.4 Å². The number of aromatic nitrogens is 1. The number of nitrogens with zero attached hydrogens (tertiary/aromatic N) is 3. The molecule has 1 aromatic rings. The third-order valence-corrected chi connectivity index (χ3v) is 3.44. The van der Waals surface area contributed by atoms with Crippen LogP contribution in [0.2, 0.25) is 0 Å². The van der Waals surface area contributed by atoms with Gasteiger partial charge in [0, 0.05) is 44.0 Å². The fraction of sp³-hybridized carbons (Fsp3) is 0.615. The molecule has 1 saturated heterocycles. The van der Waals surface area contributed by atoms with Crippen LogP contribution in [0.3, 0.4) is 0 Å². The van der Waals surface area contributed by atoms with Crippen LogP contribution in [0.15, 0.2) is 18.5 Å². The summed E-state index contributed by atoms with van der Waals surface area (Å²) >= 11 is 0. The van der Waals surface area contributed by atoms with Gasteiger partial charge >= 0.3 is 0 Å². The molecular formula is C13H21N3O. The van der Waals surface area contributed by atoms with Crippen LogP contribution in [-0.4, -0.2) is 47.2 Å². The van der Waals surface area contributed by atoms with Crippen LogP contribution >= 0.6 is 0 Å². The molecule has 4 nitrogen and oxygen atoms in total. The van der Waals surface area contributed by atoms with Gasteiger partial charge in [-0.2, -0.15) is 0 Å². The summed E-state index contributed by atoms with van der Waals surface area (Å²) in [5.74, 6) is 0. The van der Waals surface area contributed by atoms with Crippen LogP contribution in [0.4, 0.5) is 5.69 Å². The Labute approximate surface area is 103 Å². The molecule has 0 amide bonds. The van der Waals surface area contributed by atoms with Crippen molar-refractivity contribution in [2.24, 2.45) is 0 Å². The first-order valence-corrected chi connectivity index (χ1v) is 6.25. The monoisotopic (exact) mass is 235 g/mol. The Bertz CT molecular complexity index is 359. The van der Waals surface area contributed by atoms with E-state index in [1.165, 1.54) is 0 Å². The predicted octanol–water partition coefficient (Wildman–Crippen LogP) is 1.10. The lowest BCUT2D eigenvalue weighted by molar-refractivity contribution is 0.209. The minimum Gasteiger partial charge on any atom is -0.392 e. The van der Waals surface area contributed by atoms with Gasteiger partial charge in [-0.15, -0.1) is 0 Å². The molecule has 2 heterocycles. The zero-order chi connectivity index (χ0) is 12.3. The molecule has 2 rings (SSSR count). The third-order valence-electron chi connectivity index (χ3n) is 3.44. The van der Waals surface area contributed by atoms with Gasteiger partial charge in [-0.3, -0.25) is 9.88 Å². The maximum absolute atomic E-state index is 9.32. The summed E-state index contributed by atoms with van der Waals surface area (Å²) < 4.78 is 0. The van der Waals surface area contributed by atoms with E-state index in [4.69, 9.17) is 0 Å². The lowest BCUT2D eigenvalue weighted by atomic mass is 10.2. The Hall–Kier alpha value is -1.13. The van der Waals surface area contributed by atoms with Crippen LogP contribution in [0.25, 0.3) is 0 Å². The van der Waals surface area contributed by atoms with E-state index in [-0.39, 0.29) is 6.61 Å². The standard InChI is InChI=1S/C13H21N3O/c1-11(2)15-5-7-16(8-6-15)13-9-14-4-3-12(13)10-17/h3-4,9,11,17H,5-8,10H2,1-2H3. The van der Waals surface area contributed by atoms with Crippen LogP contribution in [0.1, 0.15) is 19.4 Å². The summed E-state index contributed by atoms with van der Waals surface area (Å²) in [6.45, 7) is 8.74. The highest BCUT2D eigenvalue weighted by atomic mass is 16.3. The van der Waals surface area contributed by atoms with Crippen molar-refractivity contribution in [3.05, 3.63) is 24.0 Å². The van der Waals surface area contributed by atoms with Gasteiger partial charge in [0.15, 0.2) is 0 Å². The second-order valence-corrected chi connectivity index (χ2v) is 4.78. The van der Waals surface area contributed by atoms with Crippen molar-refractivity contribution >= 4 is 5.69 Å². The second-order valence-electron chi connectivity index (χ2n) is 4.78. The third kappa shape index (κ3) is 2.76. The summed E-state index contributed by atoms with van der Waals surface area (Å²) in [6, 6.07) is 2.51. The number of anilines is 1. The summed E-state index contributed by atoms with van der Waals surface area (Å²) in [7, 11) is 0. The SMILES string of the molecule is CC(C)N1CCN(c2cnccc2CO)CC1. The Morgan fingerprint density at radius 2 is 2.00 bits per heavy atom. The normalized spacial score (nSPS) is 17.8. The Balaban J connectivity index is 2.05. The molecule has 0 unspecified atom stereocenters. The Morgan fingerprint density at radius 3 is 2.59 bits per heavy atom. The van der Waals surface area contributed by atoms with Gasteiger partial charge < -0.3 is 10.0 Å². The molecule has 4 heteroatoms. The van der Waals surface area contributed by atoms with Gasteiger partial charge in [0.25, 0.3) is 0 Å². The minimum atomic E-state index is 0.0856. The Kier molecular flexibility index (Phi) is 3.97. The number of hydrogen-bond donors (Lipinski definition) is 1. The smallest absolute Gasteiger partial charge is 0.0703 e. The molecule has 1 aliphatic heterocycles. The predicted molar refractivity (Wildman–Crippen MR) is 69.1 cm³/mol. The zero-order valence-electron chi connectivity index (χ0n) is 10.6. The zero-order valence-corrected chi connectivity index (χ0v) is 10.6. The molecule has 1 N–H and O–H groups in total. The summed E-state index contributed by atoms with van der Waals surface area (Å²) in [5, 5.41) is 9.32. The summed E-state index contributed by atoms with van der Waals surface area (Å²) in [5.41, 5.74) is 2.05. The van der Waals surface area contributed by atoms with Gasteiger partial charge in [-0.05, 0) is 19.9 Å². The molecule has 0 aromatic carbocycles. The maximum atomic E-state index is 9.32. The van der Waals surface area contributed by atoms with Crippen molar-refractivity contribution in [3.63, 3.8) is 0 Å². The number of aliphatic hydroxyl groups is 1. The van der Waals surface area contributed by atoms with E-state index in [1.807, 2.05) is 12.3 Å². The van der Waals surface area contributed by atoms with E-state index >= 15 is 0 Å². The largest absolute Gasteiger partial charge is 0.392 e. The molecule has 0 bridgehead atoms. The fourth-order valence-corrected chi connectivity index (χ4v) is 2.31. The van der Waals surface area contributed by atoms with E-state index < -0.39 is 0 Å². The molecule has 1 fully saturated rings. The van der Waals surface area contributed by atoms with E-state index in [9.17, 15) is 5.11 Å². The molecule has 0 saturated carbocycles. The fourth-order valence-electron chi connectivity index (χ4n) is 2.31. The van der Waals surface area contributed by atoms with E-state index in [1.54, 1.807) is 6.20 Å². The molecule has 17 heavy (non-hydrogen) atoms. The molecule has 0 spiro atoms. The molecule has 0 atom stereocenters. The van der Waals surface area contributed by atoms with E-state index in [2.05, 4.69) is 28.6 Å². The molecule has 94 valence electrons. The lowest BCUT2D eigenvalue weighted by Gasteiger charge is -2.38. The molecule has 0 radical (unpaired) electrons. The van der Waals surface area contributed by atoms with Crippen molar-refractivity contribution in [2.75, 3.05) is 31.1 Å². The van der Waals surface area contributed by atoms with Crippen molar-refractivity contribution in [1.29, 1.82) is 0 Å². The Morgan fingerprint density at radius 1 is 1.29 bits per heavy atom. The van der Waals surface area contributed by atoms with Gasteiger partial charge in [-0.25, -0.2) is 0 Å². The average Bonchev–Trinajstić information content (AvgIpc) is 2.39. The van der Waals surface area contributed by atoms with Crippen LogP contribution < -0.4 is 4.90 Å². The van der Waals surface area contributed by atoms with Crippen molar-refractivity contribution in [3.8, 4) is 0 Å². The first-order chi connectivity index (χ1) is 8.22. The van der Waals surface area contributed by atoms with Gasteiger partial charge in [-0.1, -0.05) is 0 Å². The first-order valence-electron chi connectivity index (χ1n) is 6.25. The molecule has 1 aliphatic rings. The first kappa shape index (κ1) is 12.3. The highest BCUT2D eigenvalue weighted by Gasteiger charge is 2.20. The molecule has 0 aliphatic carbocycles. The lowest BCUT2D eigenvalue weighted by Crippen LogP contribution is -2.49. The highest BCUT2D eigenvalue weighted by molar-refractivity contribution is 5.51. The molecule has 1 aromatic heterocycles. The average molecular weight is 235 g/mol. The number of rotatable bonds is 3. The number of aliphatic hydroxyl groups excluding tert-OH is 1. The van der Waals surface area contributed by atoms with Crippen molar-refractivity contribution in [1.82, 2.24) is 9.88 Å². The van der Waals surface area contributed by atoms with Gasteiger partial charge in [0.1, 0.15) is 0 Å². The number of pyridine rings is 1. The highest BCUT2D eigenvalue weighted by Crippen LogP contribution is 2.21. The van der Waals surface area contributed by atoms with Crippen molar-refractivity contribution < 1.29 is 5.11 Å². The van der Waals surface area contributed by atoms with E-state index in [0.29, 0.717) is 6.04 Å². The topological polar surface area (TPSA) is 39.6 Å². The van der Waals surface area contributed by atoms with Crippen molar-refractivity contribution in [2.45, 2.75) is 26.5 Å². The minimum absolute atomic E-state index is 0.0856. The number of hydrogen-bond acceptors (Lipinski definition) is 4. The van der Waals surface area contributed by atoms with Gasteiger partial charge in [0.05, 0.1) is 18.5 Å². The summed E-state index contributed by atoms with van der Waals surface area (Å²) in [6.07, 6.45) is 3.59. The van der Waals surface area contributed by atoms with Gasteiger partial charge in [0.2, 0.25) is 0 Å². The number of piperazine rings is 1. The van der Waals surface area contributed by atoms with Crippen LogP contribution in [0.5, 0.6) is 0 Å². The second kappa shape index (κ2) is 5.47.